The molecule has 8 nitrogen and oxygen atoms in total. The van der Waals surface area contributed by atoms with Crippen LogP contribution in [0.3, 0.4) is 0 Å². The van der Waals surface area contributed by atoms with E-state index in [0.717, 1.165) is 11.9 Å². The van der Waals surface area contributed by atoms with Gasteiger partial charge in [0.05, 0.1) is 6.10 Å². The zero-order valence-corrected chi connectivity index (χ0v) is 25.2. The van der Waals surface area contributed by atoms with Crippen LogP contribution in [0.2, 0.25) is 0 Å². The average Bonchev–Trinajstić information content (AvgIpc) is 2.88. The molecule has 0 aliphatic carbocycles. The molecule has 0 saturated heterocycles. The van der Waals surface area contributed by atoms with Crippen LogP contribution in [-0.2, 0) is 20.1 Å². The lowest BCUT2D eigenvalue weighted by Crippen LogP contribution is -2.78. The highest BCUT2D eigenvalue weighted by Crippen LogP contribution is 2.67. The van der Waals surface area contributed by atoms with Gasteiger partial charge >= 0.3 is 64.7 Å². The topological polar surface area (TPSA) is 124 Å². The fourth-order valence-electron chi connectivity index (χ4n) is 3.30. The van der Waals surface area contributed by atoms with Gasteiger partial charge in [-0.25, -0.2) is 13.1 Å². The molecule has 33 heteroatoms. The van der Waals surface area contributed by atoms with Gasteiger partial charge in [0, 0.05) is 13.1 Å². The largest absolute Gasteiger partial charge is 0.460 e. The summed E-state index contributed by atoms with van der Waals surface area (Å²) in [6.45, 7) is -3.22. The molecule has 0 radical (unpaired) electrons. The van der Waals surface area contributed by atoms with Gasteiger partial charge in [0.2, 0.25) is 0 Å². The van der Waals surface area contributed by atoms with Crippen LogP contribution in [0.4, 0.5) is 101 Å². The maximum Gasteiger partial charge on any atom is 0.460 e. The van der Waals surface area contributed by atoms with E-state index in [9.17, 15) is 123 Å². The first-order valence-electron chi connectivity index (χ1n) is 11.9. The van der Waals surface area contributed by atoms with Crippen LogP contribution in [0.1, 0.15) is 6.42 Å². The molecule has 0 aliphatic rings. The van der Waals surface area contributed by atoms with Crippen molar-refractivity contribution in [1.29, 1.82) is 0 Å². The van der Waals surface area contributed by atoms with E-state index in [1.54, 1.807) is 0 Å². The summed E-state index contributed by atoms with van der Waals surface area (Å²) in [6.07, 6.45) is -11.1. The Hall–Kier alpha value is -1.87. The molecule has 1 unspecified atom stereocenters. The predicted octanol–water partition coefficient (Wildman–Crippen LogP) is 5.35. The number of alkyl halides is 23. The van der Waals surface area contributed by atoms with Crippen molar-refractivity contribution in [3.05, 3.63) is 0 Å². The monoisotopic (exact) mass is 858 g/mol. The molecule has 0 bridgehead atoms. The number of hydrogen-bond donors (Lipinski definition) is 3. The average molecular weight is 858 g/mol. The molecule has 51 heavy (non-hydrogen) atoms. The summed E-state index contributed by atoms with van der Waals surface area (Å²) in [5.41, 5.74) is 0. The lowest BCUT2D eigenvalue weighted by molar-refractivity contribution is -0.476. The summed E-state index contributed by atoms with van der Waals surface area (Å²) in [7, 11) is -11.6. The number of rotatable bonds is 19. The van der Waals surface area contributed by atoms with Crippen LogP contribution in [0.5, 0.6) is 0 Å². The molecule has 0 fully saturated rings. The second-order valence-electron chi connectivity index (χ2n) is 10.1. The van der Waals surface area contributed by atoms with E-state index >= 15 is 0 Å². The number of halogens is 23. The van der Waals surface area contributed by atoms with Gasteiger partial charge in [-0.15, -0.1) is 0 Å². The fourth-order valence-corrected chi connectivity index (χ4v) is 4.95. The van der Waals surface area contributed by atoms with Gasteiger partial charge in [-0.1, -0.05) is 0 Å². The number of hydrogen-bond acceptors (Lipinski definition) is 6. The molecule has 0 aromatic rings. The van der Waals surface area contributed by atoms with Crippen molar-refractivity contribution in [3.8, 4) is 0 Å². The quantitative estimate of drug-likeness (QED) is 0.0911. The molecule has 0 aromatic carbocycles. The molecule has 0 saturated carbocycles. The van der Waals surface area contributed by atoms with Crippen molar-refractivity contribution < 1.29 is 127 Å². The van der Waals surface area contributed by atoms with E-state index in [1.807, 2.05) is 0 Å². The Balaban J connectivity index is 6.66. The van der Waals surface area contributed by atoms with E-state index in [-0.39, 0.29) is 4.72 Å². The van der Waals surface area contributed by atoms with Crippen LogP contribution in [-0.4, -0.2) is 135 Å². The third-order valence-corrected chi connectivity index (χ3v) is 8.47. The van der Waals surface area contributed by atoms with Crippen molar-refractivity contribution in [1.82, 2.24) is 9.62 Å². The van der Waals surface area contributed by atoms with Gasteiger partial charge in [-0.2, -0.15) is 109 Å². The molecule has 0 aromatic heterocycles. The smallest absolute Gasteiger partial charge is 0.391 e. The minimum atomic E-state index is -9.62. The van der Waals surface area contributed by atoms with E-state index in [2.05, 4.69) is 0 Å². The Kier molecular flexibility index (Phi) is 13.3. The number of likely N-dealkylation sites (N-methyl/N-ethyl adjacent to an activating group) is 1. The van der Waals surface area contributed by atoms with Crippen molar-refractivity contribution in [2.24, 2.45) is 0 Å². The molecule has 0 heterocycles. The van der Waals surface area contributed by atoms with E-state index in [1.165, 1.54) is 0 Å². The van der Waals surface area contributed by atoms with Crippen LogP contribution < -0.4 is 4.72 Å². The first kappa shape index (κ1) is 49.1. The summed E-state index contributed by atoms with van der Waals surface area (Å²) in [4.78, 5) is 0.757. The van der Waals surface area contributed by atoms with Gasteiger partial charge in [0.1, 0.15) is 5.75 Å². The molecule has 0 aliphatic heterocycles. The molecule has 1 atom stereocenters. The first-order chi connectivity index (χ1) is 21.7. The minimum absolute atomic E-state index is 0.270. The third-order valence-electron chi connectivity index (χ3n) is 6.15. The van der Waals surface area contributed by atoms with Crippen molar-refractivity contribution in [2.45, 2.75) is 77.3 Å². The van der Waals surface area contributed by atoms with Crippen LogP contribution in [0.15, 0.2) is 0 Å². The SMILES string of the molecule is CN(CCCNS(=O)(=O)C(F)(F)C(F)(F)C(F)(F)C(F)(F)C(F)(F)C(F)(F)C(F)(F)C(F)(F)C(F)(F)C(F)(F)C(F)(F)F)CC(O)CS(=O)(=O)O. The zero-order chi connectivity index (χ0) is 41.9. The summed E-state index contributed by atoms with van der Waals surface area (Å²) >= 11 is 0. The summed E-state index contributed by atoms with van der Waals surface area (Å²) < 4.78 is 363. The highest BCUT2D eigenvalue weighted by atomic mass is 32.2. The van der Waals surface area contributed by atoms with Gasteiger partial charge in [0.25, 0.3) is 20.1 Å². The Labute approximate surface area is 267 Å². The zero-order valence-electron chi connectivity index (χ0n) is 23.6. The van der Waals surface area contributed by atoms with E-state index < -0.39 is 123 Å². The number of aliphatic hydroxyl groups excluding tert-OH is 1. The number of nitrogens with zero attached hydrogens (tertiary/aromatic N) is 1. The highest BCUT2D eigenvalue weighted by molar-refractivity contribution is 7.90. The van der Waals surface area contributed by atoms with Crippen molar-refractivity contribution in [2.75, 3.05) is 32.4 Å². The summed E-state index contributed by atoms with van der Waals surface area (Å²) in [6, 6.07) is 0. The van der Waals surface area contributed by atoms with Crippen molar-refractivity contribution in [3.63, 3.8) is 0 Å². The third kappa shape index (κ3) is 7.86. The Morgan fingerprint density at radius 1 is 0.549 bits per heavy atom. The van der Waals surface area contributed by atoms with E-state index in [0.29, 0.717) is 0 Å². The molecule has 0 spiro atoms. The number of aliphatic hydroxyl groups is 1. The normalized spacial score (nSPS) is 16.9. The molecule has 0 rings (SSSR count). The lowest BCUT2D eigenvalue weighted by Gasteiger charge is -2.45. The summed E-state index contributed by atoms with van der Waals surface area (Å²) in [5, 5.41) is 1.40. The number of nitrogens with one attached hydrogen (secondary N) is 1. The molecule has 308 valence electrons. The number of sulfonamides is 1. The van der Waals surface area contributed by atoms with Crippen LogP contribution in [0, 0.1) is 0 Å². The Morgan fingerprint density at radius 3 is 1.14 bits per heavy atom. The van der Waals surface area contributed by atoms with Gasteiger partial charge < -0.3 is 10.0 Å². The van der Waals surface area contributed by atoms with Crippen molar-refractivity contribution >= 4 is 20.1 Å². The Bertz CT molecular complexity index is 1450. The molecule has 3 N–H and O–H groups in total. The maximum absolute atomic E-state index is 14.1. The maximum atomic E-state index is 14.1. The molecular formula is C18H17F23N2O6S2. The second kappa shape index (κ2) is 13.8. The first-order valence-corrected chi connectivity index (χ1v) is 15.0. The minimum Gasteiger partial charge on any atom is -0.391 e. The van der Waals surface area contributed by atoms with Gasteiger partial charge in [-0.3, -0.25) is 4.55 Å². The van der Waals surface area contributed by atoms with Crippen LogP contribution >= 0.6 is 0 Å². The van der Waals surface area contributed by atoms with E-state index in [4.69, 9.17) is 4.55 Å². The Morgan fingerprint density at radius 2 is 0.843 bits per heavy atom. The van der Waals surface area contributed by atoms with Gasteiger partial charge in [0.15, 0.2) is 0 Å². The predicted molar refractivity (Wildman–Crippen MR) is 117 cm³/mol. The summed E-state index contributed by atoms with van der Waals surface area (Å²) in [5.74, 6) is -84.8. The standard InChI is InChI=1S/C18H17F23N2O6S2/c1-43(5-7(44)6-50(45,46)47)4-2-3-42-51(48,49)18(40,41)16(35,36)14(31,32)12(27,28)10(23,24)8(19,20)9(21,22)11(25,26)13(29,30)15(33,34)17(37,38)39/h7,42,44H,2-6H2,1H3,(H,45,46,47). The molecular weight excluding hydrogens is 841 g/mol. The molecule has 0 amide bonds. The fraction of sp³-hybridized carbons (Fsp3) is 1.00. The van der Waals surface area contributed by atoms with Crippen LogP contribution in [0.25, 0.3) is 0 Å². The highest BCUT2D eigenvalue weighted by Gasteiger charge is 2.99. The van der Waals surface area contributed by atoms with Gasteiger partial charge in [-0.05, 0) is 20.0 Å². The lowest BCUT2D eigenvalue weighted by atomic mass is 9.86. The second-order valence-corrected chi connectivity index (χ2v) is 13.4.